The Morgan fingerprint density at radius 2 is 1.67 bits per heavy atom. The molecule has 84 valence electrons. The Hall–Kier alpha value is -0.310. The number of ether oxygens (including phenoxy) is 2. The third-order valence-corrected chi connectivity index (χ3v) is 2.19. The normalized spacial score (nSPS) is 10.1. The SMILES string of the molecule is ClCCOc1ccc(OCCCl)c(Cl)c1. The van der Waals surface area contributed by atoms with Gasteiger partial charge in [0.05, 0.1) is 16.8 Å². The predicted molar refractivity (Wildman–Crippen MR) is 63.9 cm³/mol. The Bertz CT molecular complexity index is 305. The van der Waals surface area contributed by atoms with E-state index in [-0.39, 0.29) is 0 Å². The summed E-state index contributed by atoms with van der Waals surface area (Å²) in [6.07, 6.45) is 0. The molecule has 15 heavy (non-hydrogen) atoms. The standard InChI is InChI=1S/C10H11Cl3O2/c11-3-5-14-8-1-2-10(9(13)7-8)15-6-4-12/h1-2,7H,3-6H2. The Morgan fingerprint density at radius 1 is 1.00 bits per heavy atom. The second kappa shape index (κ2) is 7.04. The molecule has 0 bridgehead atoms. The van der Waals surface area contributed by atoms with E-state index in [9.17, 15) is 0 Å². The van der Waals surface area contributed by atoms with Crippen LogP contribution in [0.2, 0.25) is 5.02 Å². The zero-order valence-electron chi connectivity index (χ0n) is 8.01. The maximum Gasteiger partial charge on any atom is 0.138 e. The van der Waals surface area contributed by atoms with Crippen LogP contribution < -0.4 is 9.47 Å². The van der Waals surface area contributed by atoms with Crippen molar-refractivity contribution in [3.8, 4) is 11.5 Å². The maximum absolute atomic E-state index is 5.96. The lowest BCUT2D eigenvalue weighted by Crippen LogP contribution is -2.00. The second-order valence-electron chi connectivity index (χ2n) is 2.67. The van der Waals surface area contributed by atoms with Gasteiger partial charge in [0, 0.05) is 6.07 Å². The number of benzene rings is 1. The molecule has 0 aromatic heterocycles. The molecule has 0 aliphatic rings. The van der Waals surface area contributed by atoms with E-state index in [2.05, 4.69) is 0 Å². The molecular weight excluding hydrogens is 258 g/mol. The lowest BCUT2D eigenvalue weighted by Gasteiger charge is -2.08. The summed E-state index contributed by atoms with van der Waals surface area (Å²) in [7, 11) is 0. The van der Waals surface area contributed by atoms with E-state index >= 15 is 0 Å². The molecule has 0 saturated heterocycles. The lowest BCUT2D eigenvalue weighted by atomic mass is 10.3. The van der Waals surface area contributed by atoms with Gasteiger partial charge in [-0.2, -0.15) is 0 Å². The Morgan fingerprint density at radius 3 is 2.27 bits per heavy atom. The van der Waals surface area contributed by atoms with Crippen LogP contribution in [0, 0.1) is 0 Å². The maximum atomic E-state index is 5.96. The van der Waals surface area contributed by atoms with Gasteiger partial charge in [-0.05, 0) is 12.1 Å². The highest BCUT2D eigenvalue weighted by Gasteiger charge is 2.03. The Labute approximate surface area is 104 Å². The van der Waals surface area contributed by atoms with E-state index in [1.54, 1.807) is 18.2 Å². The van der Waals surface area contributed by atoms with Crippen molar-refractivity contribution in [3.63, 3.8) is 0 Å². The molecule has 1 aromatic carbocycles. The van der Waals surface area contributed by atoms with Crippen molar-refractivity contribution >= 4 is 34.8 Å². The van der Waals surface area contributed by atoms with Crippen LogP contribution in [0.25, 0.3) is 0 Å². The van der Waals surface area contributed by atoms with Gasteiger partial charge in [-0.15, -0.1) is 23.2 Å². The van der Waals surface area contributed by atoms with Crippen molar-refractivity contribution in [2.45, 2.75) is 0 Å². The van der Waals surface area contributed by atoms with Gasteiger partial charge in [0.2, 0.25) is 0 Å². The van der Waals surface area contributed by atoms with Crippen LogP contribution in [-0.4, -0.2) is 25.0 Å². The largest absolute Gasteiger partial charge is 0.492 e. The van der Waals surface area contributed by atoms with Crippen LogP contribution in [0.4, 0.5) is 0 Å². The third kappa shape index (κ3) is 4.37. The molecule has 0 amide bonds. The highest BCUT2D eigenvalue weighted by Crippen LogP contribution is 2.28. The molecule has 0 aliphatic heterocycles. The van der Waals surface area contributed by atoms with Gasteiger partial charge in [-0.3, -0.25) is 0 Å². The van der Waals surface area contributed by atoms with E-state index in [0.717, 1.165) is 0 Å². The highest BCUT2D eigenvalue weighted by molar-refractivity contribution is 6.32. The molecule has 0 heterocycles. The molecule has 0 atom stereocenters. The zero-order valence-corrected chi connectivity index (χ0v) is 10.3. The van der Waals surface area contributed by atoms with E-state index in [1.807, 2.05) is 0 Å². The Kier molecular flexibility index (Phi) is 5.99. The summed E-state index contributed by atoms with van der Waals surface area (Å²) in [6, 6.07) is 5.22. The predicted octanol–water partition coefficient (Wildman–Crippen LogP) is 3.58. The first kappa shape index (κ1) is 12.8. The summed E-state index contributed by atoms with van der Waals surface area (Å²) < 4.78 is 10.6. The van der Waals surface area contributed by atoms with Crippen LogP contribution in [0.15, 0.2) is 18.2 Å². The molecule has 1 aromatic rings. The van der Waals surface area contributed by atoms with Gasteiger partial charge in [-0.1, -0.05) is 11.6 Å². The van der Waals surface area contributed by atoms with Crippen molar-refractivity contribution in [3.05, 3.63) is 23.2 Å². The molecule has 2 nitrogen and oxygen atoms in total. The first-order chi connectivity index (χ1) is 7.27. The molecule has 1 rings (SSSR count). The van der Waals surface area contributed by atoms with Crippen LogP contribution in [0.1, 0.15) is 0 Å². The molecule has 0 N–H and O–H groups in total. The molecular formula is C10H11Cl3O2. The van der Waals surface area contributed by atoms with E-state index in [1.165, 1.54) is 0 Å². The molecule has 0 aliphatic carbocycles. The van der Waals surface area contributed by atoms with Crippen molar-refractivity contribution in [2.75, 3.05) is 25.0 Å². The number of halogens is 3. The Balaban J connectivity index is 2.61. The van der Waals surface area contributed by atoms with Crippen molar-refractivity contribution < 1.29 is 9.47 Å². The minimum Gasteiger partial charge on any atom is -0.492 e. The number of rotatable bonds is 6. The summed E-state index contributed by atoms with van der Waals surface area (Å²) in [4.78, 5) is 0. The number of alkyl halides is 2. The number of hydrogen-bond acceptors (Lipinski definition) is 2. The fraction of sp³-hybridized carbons (Fsp3) is 0.400. The van der Waals surface area contributed by atoms with Gasteiger partial charge in [0.25, 0.3) is 0 Å². The molecule has 0 spiro atoms. The molecule has 5 heteroatoms. The number of hydrogen-bond donors (Lipinski definition) is 0. The van der Waals surface area contributed by atoms with Gasteiger partial charge in [-0.25, -0.2) is 0 Å². The molecule has 0 saturated carbocycles. The fourth-order valence-corrected chi connectivity index (χ4v) is 1.37. The van der Waals surface area contributed by atoms with E-state index < -0.39 is 0 Å². The van der Waals surface area contributed by atoms with Gasteiger partial charge < -0.3 is 9.47 Å². The van der Waals surface area contributed by atoms with E-state index in [0.29, 0.717) is 41.5 Å². The van der Waals surface area contributed by atoms with Crippen molar-refractivity contribution in [1.29, 1.82) is 0 Å². The first-order valence-corrected chi connectivity index (χ1v) is 5.89. The van der Waals surface area contributed by atoms with Gasteiger partial charge in [0.1, 0.15) is 24.7 Å². The van der Waals surface area contributed by atoms with Crippen LogP contribution in [0.5, 0.6) is 11.5 Å². The van der Waals surface area contributed by atoms with Gasteiger partial charge in [0.15, 0.2) is 0 Å². The van der Waals surface area contributed by atoms with Crippen LogP contribution in [-0.2, 0) is 0 Å². The first-order valence-electron chi connectivity index (χ1n) is 4.45. The van der Waals surface area contributed by atoms with Crippen LogP contribution in [0.3, 0.4) is 0 Å². The average Bonchev–Trinajstić information content (AvgIpc) is 2.25. The molecule has 0 radical (unpaired) electrons. The summed E-state index contributed by atoms with van der Waals surface area (Å²) >= 11 is 17.0. The minimum absolute atomic E-state index is 0.431. The lowest BCUT2D eigenvalue weighted by molar-refractivity contribution is 0.333. The minimum atomic E-state index is 0.431. The third-order valence-electron chi connectivity index (χ3n) is 1.58. The van der Waals surface area contributed by atoms with E-state index in [4.69, 9.17) is 44.3 Å². The smallest absolute Gasteiger partial charge is 0.138 e. The second-order valence-corrected chi connectivity index (χ2v) is 3.83. The topological polar surface area (TPSA) is 18.5 Å². The summed E-state index contributed by atoms with van der Waals surface area (Å²) in [5.74, 6) is 2.16. The summed E-state index contributed by atoms with van der Waals surface area (Å²) in [5.41, 5.74) is 0. The summed E-state index contributed by atoms with van der Waals surface area (Å²) in [5, 5.41) is 0.507. The summed E-state index contributed by atoms with van der Waals surface area (Å²) in [6.45, 7) is 0.892. The van der Waals surface area contributed by atoms with Crippen LogP contribution >= 0.6 is 34.8 Å². The molecule has 0 fully saturated rings. The zero-order chi connectivity index (χ0) is 11.1. The van der Waals surface area contributed by atoms with Crippen molar-refractivity contribution in [2.24, 2.45) is 0 Å². The quantitative estimate of drug-likeness (QED) is 0.735. The van der Waals surface area contributed by atoms with Crippen molar-refractivity contribution in [1.82, 2.24) is 0 Å². The monoisotopic (exact) mass is 268 g/mol. The average molecular weight is 270 g/mol. The molecule has 0 unspecified atom stereocenters. The van der Waals surface area contributed by atoms with Gasteiger partial charge >= 0.3 is 0 Å². The fourth-order valence-electron chi connectivity index (χ4n) is 0.993. The highest BCUT2D eigenvalue weighted by atomic mass is 35.5.